The third-order valence-electron chi connectivity index (χ3n) is 2.12. The average molecular weight is 371 g/mol. The van der Waals surface area contributed by atoms with Crippen LogP contribution < -0.4 is 4.72 Å². The third-order valence-corrected chi connectivity index (χ3v) is 6.47. The van der Waals surface area contributed by atoms with Crippen LogP contribution in [0.2, 0.25) is 5.02 Å². The first-order valence-electron chi connectivity index (χ1n) is 4.88. The molecule has 8 heteroatoms. The van der Waals surface area contributed by atoms with Crippen molar-refractivity contribution in [3.05, 3.63) is 38.5 Å². The number of nitrogens with one attached hydrogen (secondary N) is 1. The van der Waals surface area contributed by atoms with Gasteiger partial charge in [-0.3, -0.25) is 0 Å². The van der Waals surface area contributed by atoms with E-state index in [1.54, 1.807) is 19.1 Å². The van der Waals surface area contributed by atoms with Crippen molar-refractivity contribution in [2.24, 2.45) is 0 Å². The average Bonchev–Trinajstić information content (AvgIpc) is 2.84. The summed E-state index contributed by atoms with van der Waals surface area (Å²) in [6.45, 7) is 1.91. The van der Waals surface area contributed by atoms with E-state index >= 15 is 0 Å². The Kier molecular flexibility index (Phi) is 4.18. The molecule has 0 saturated carbocycles. The minimum Gasteiger partial charge on any atom is -0.465 e. The number of rotatable bonds is 4. The van der Waals surface area contributed by atoms with Gasteiger partial charge in [-0.05, 0) is 41.1 Å². The zero-order valence-corrected chi connectivity index (χ0v) is 13.2. The van der Waals surface area contributed by atoms with Crippen LogP contribution in [0.3, 0.4) is 0 Å². The molecule has 0 fully saturated rings. The summed E-state index contributed by atoms with van der Waals surface area (Å²) >= 11 is 10.1. The predicted octanol–water partition coefficient (Wildman–Crippen LogP) is 3.54. The monoisotopic (exact) mass is 369 g/mol. The van der Waals surface area contributed by atoms with Gasteiger partial charge in [0.15, 0.2) is 0 Å². The highest BCUT2D eigenvalue weighted by molar-refractivity contribution is 9.11. The topological polar surface area (TPSA) is 59.3 Å². The number of thiophene rings is 1. The molecule has 98 valence electrons. The van der Waals surface area contributed by atoms with Crippen LogP contribution in [0.15, 0.2) is 30.6 Å². The van der Waals surface area contributed by atoms with Crippen molar-refractivity contribution in [1.82, 2.24) is 4.72 Å². The summed E-state index contributed by atoms with van der Waals surface area (Å²) in [5.74, 6) is 1.31. The molecule has 2 aromatic rings. The Morgan fingerprint density at radius 2 is 2.22 bits per heavy atom. The van der Waals surface area contributed by atoms with Crippen LogP contribution in [-0.2, 0) is 16.6 Å². The molecule has 0 bridgehead atoms. The predicted molar refractivity (Wildman–Crippen MR) is 74.5 cm³/mol. The standard InChI is InChI=1S/C10H9BrClNO3S2/c1-6-2-3-7(16-6)5-13-18(14,15)9-4-8(12)10(11)17-9/h2-4,13H,5H2,1H3. The Labute approximate surface area is 122 Å². The molecule has 0 amide bonds. The third kappa shape index (κ3) is 3.16. The summed E-state index contributed by atoms with van der Waals surface area (Å²) in [5.41, 5.74) is 0. The minimum atomic E-state index is -3.56. The van der Waals surface area contributed by atoms with Gasteiger partial charge in [0.1, 0.15) is 15.7 Å². The van der Waals surface area contributed by atoms with E-state index in [9.17, 15) is 8.42 Å². The van der Waals surface area contributed by atoms with Crippen LogP contribution in [0.25, 0.3) is 0 Å². The molecular formula is C10H9BrClNO3S2. The summed E-state index contributed by atoms with van der Waals surface area (Å²) in [5, 5.41) is 0.384. The maximum atomic E-state index is 12.0. The second-order valence-corrected chi connectivity index (χ2v) is 8.30. The highest BCUT2D eigenvalue weighted by atomic mass is 79.9. The highest BCUT2D eigenvalue weighted by Crippen LogP contribution is 2.34. The molecule has 0 aromatic carbocycles. The normalized spacial score (nSPS) is 11.9. The van der Waals surface area contributed by atoms with Crippen molar-refractivity contribution in [3.63, 3.8) is 0 Å². The van der Waals surface area contributed by atoms with Gasteiger partial charge in [-0.2, -0.15) is 0 Å². The minimum absolute atomic E-state index is 0.114. The summed E-state index contributed by atoms with van der Waals surface area (Å²) < 4.78 is 32.4. The lowest BCUT2D eigenvalue weighted by Gasteiger charge is -2.02. The van der Waals surface area contributed by atoms with Gasteiger partial charge < -0.3 is 4.42 Å². The fourth-order valence-corrected chi connectivity index (χ4v) is 4.71. The van der Waals surface area contributed by atoms with Gasteiger partial charge in [0.25, 0.3) is 10.0 Å². The number of sulfonamides is 1. The fourth-order valence-electron chi connectivity index (χ4n) is 1.28. The SMILES string of the molecule is Cc1ccc(CNS(=O)(=O)c2cc(Cl)c(Br)s2)o1. The molecule has 2 aromatic heterocycles. The van der Waals surface area contributed by atoms with E-state index in [2.05, 4.69) is 20.7 Å². The maximum absolute atomic E-state index is 12.0. The molecule has 0 aliphatic heterocycles. The molecule has 0 saturated heterocycles. The second kappa shape index (κ2) is 5.34. The Morgan fingerprint density at radius 1 is 1.50 bits per heavy atom. The van der Waals surface area contributed by atoms with Crippen molar-refractivity contribution in [2.75, 3.05) is 0 Å². The molecular weight excluding hydrogens is 362 g/mol. The van der Waals surface area contributed by atoms with Crippen LogP contribution in [-0.4, -0.2) is 8.42 Å². The largest absolute Gasteiger partial charge is 0.465 e. The molecule has 18 heavy (non-hydrogen) atoms. The smallest absolute Gasteiger partial charge is 0.250 e. The first-order valence-corrected chi connectivity index (χ1v) is 8.35. The molecule has 0 spiro atoms. The first kappa shape index (κ1) is 14.1. The van der Waals surface area contributed by atoms with Gasteiger partial charge in [-0.1, -0.05) is 11.6 Å². The van der Waals surface area contributed by atoms with E-state index in [4.69, 9.17) is 16.0 Å². The van der Waals surface area contributed by atoms with E-state index in [1.807, 2.05) is 0 Å². The summed E-state index contributed by atoms with van der Waals surface area (Å²) in [6.07, 6.45) is 0. The highest BCUT2D eigenvalue weighted by Gasteiger charge is 2.19. The number of hydrogen-bond acceptors (Lipinski definition) is 4. The summed E-state index contributed by atoms with van der Waals surface area (Å²) in [6, 6.07) is 4.92. The van der Waals surface area contributed by atoms with E-state index in [1.165, 1.54) is 6.07 Å². The molecule has 0 aliphatic carbocycles. The molecule has 0 unspecified atom stereocenters. The quantitative estimate of drug-likeness (QED) is 0.895. The lowest BCUT2D eigenvalue weighted by atomic mass is 10.4. The second-order valence-electron chi connectivity index (χ2n) is 3.52. The summed E-state index contributed by atoms with van der Waals surface area (Å²) in [7, 11) is -3.56. The van der Waals surface area contributed by atoms with E-state index < -0.39 is 10.0 Å². The zero-order chi connectivity index (χ0) is 13.3. The number of hydrogen-bond donors (Lipinski definition) is 1. The zero-order valence-electron chi connectivity index (χ0n) is 9.24. The van der Waals surface area contributed by atoms with Crippen LogP contribution in [0.1, 0.15) is 11.5 Å². The van der Waals surface area contributed by atoms with E-state index in [-0.39, 0.29) is 10.8 Å². The molecule has 0 atom stereocenters. The van der Waals surface area contributed by atoms with Gasteiger partial charge in [-0.15, -0.1) is 11.3 Å². The van der Waals surface area contributed by atoms with Crippen molar-refractivity contribution in [1.29, 1.82) is 0 Å². The van der Waals surface area contributed by atoms with Crippen molar-refractivity contribution in [3.8, 4) is 0 Å². The van der Waals surface area contributed by atoms with Gasteiger partial charge in [0.05, 0.1) is 15.4 Å². The Hall–Kier alpha value is -0.340. The molecule has 2 heterocycles. The number of halogens is 2. The fraction of sp³-hybridized carbons (Fsp3) is 0.200. The molecule has 4 nitrogen and oxygen atoms in total. The number of furan rings is 1. The molecule has 0 radical (unpaired) electrons. The number of aryl methyl sites for hydroxylation is 1. The molecule has 1 N–H and O–H groups in total. The lowest BCUT2D eigenvalue weighted by molar-refractivity contribution is 0.475. The van der Waals surface area contributed by atoms with Crippen molar-refractivity contribution < 1.29 is 12.8 Å². The lowest BCUT2D eigenvalue weighted by Crippen LogP contribution is -2.22. The first-order chi connectivity index (χ1) is 8.38. The van der Waals surface area contributed by atoms with Gasteiger partial charge in [0, 0.05) is 0 Å². The molecule has 2 rings (SSSR count). The molecule has 0 aliphatic rings. The van der Waals surface area contributed by atoms with Crippen molar-refractivity contribution >= 4 is 48.9 Å². The Balaban J connectivity index is 2.12. The Morgan fingerprint density at radius 3 is 2.72 bits per heavy atom. The van der Waals surface area contributed by atoms with Crippen LogP contribution in [0.5, 0.6) is 0 Å². The van der Waals surface area contributed by atoms with E-state index in [0.717, 1.165) is 17.1 Å². The van der Waals surface area contributed by atoms with Gasteiger partial charge in [0.2, 0.25) is 0 Å². The van der Waals surface area contributed by atoms with E-state index in [0.29, 0.717) is 14.6 Å². The van der Waals surface area contributed by atoms with Crippen LogP contribution in [0.4, 0.5) is 0 Å². The van der Waals surface area contributed by atoms with Gasteiger partial charge in [-0.25, -0.2) is 13.1 Å². The maximum Gasteiger partial charge on any atom is 0.250 e. The summed E-state index contributed by atoms with van der Waals surface area (Å²) in [4.78, 5) is 0. The van der Waals surface area contributed by atoms with Crippen molar-refractivity contribution in [2.45, 2.75) is 17.7 Å². The van der Waals surface area contributed by atoms with Crippen LogP contribution in [0, 0.1) is 6.92 Å². The van der Waals surface area contributed by atoms with Gasteiger partial charge >= 0.3 is 0 Å². The Bertz CT molecular complexity index is 643. The van der Waals surface area contributed by atoms with Crippen LogP contribution >= 0.6 is 38.9 Å².